The summed E-state index contributed by atoms with van der Waals surface area (Å²) in [6.07, 6.45) is 6.24. The van der Waals surface area contributed by atoms with Gasteiger partial charge in [0.25, 0.3) is 0 Å². The summed E-state index contributed by atoms with van der Waals surface area (Å²) in [5, 5.41) is 9.13. The fourth-order valence-electron chi connectivity index (χ4n) is 2.44. The molecule has 0 aliphatic carbocycles. The van der Waals surface area contributed by atoms with Gasteiger partial charge in [0, 0.05) is 13.1 Å². The molecule has 0 radical (unpaired) electrons. The average molecular weight is 223 g/mol. The molecule has 4 heteroatoms. The molecule has 0 saturated carbocycles. The number of aliphatic hydroxyl groups is 1. The first-order valence-electron chi connectivity index (χ1n) is 6.12. The van der Waals surface area contributed by atoms with E-state index < -0.39 is 0 Å². The lowest BCUT2D eigenvalue weighted by Gasteiger charge is -2.21. The number of likely N-dealkylation sites (tertiary alicyclic amines) is 1. The van der Waals surface area contributed by atoms with Crippen LogP contribution in [-0.2, 0) is 13.2 Å². The number of hydrogen-bond acceptors (Lipinski definition) is 3. The van der Waals surface area contributed by atoms with Gasteiger partial charge in [0.1, 0.15) is 0 Å². The third-order valence-corrected chi connectivity index (χ3v) is 3.24. The first-order valence-corrected chi connectivity index (χ1v) is 6.12. The quantitative estimate of drug-likeness (QED) is 0.813. The molecule has 1 aromatic heterocycles. The van der Waals surface area contributed by atoms with Gasteiger partial charge in [0.2, 0.25) is 0 Å². The topological polar surface area (TPSA) is 41.3 Å². The molecule has 0 amide bonds. The van der Waals surface area contributed by atoms with E-state index in [1.807, 2.05) is 6.33 Å². The largest absolute Gasteiger partial charge is 0.390 e. The van der Waals surface area contributed by atoms with Crippen LogP contribution < -0.4 is 0 Å². The summed E-state index contributed by atoms with van der Waals surface area (Å²) >= 11 is 0. The Morgan fingerprint density at radius 3 is 2.81 bits per heavy atom. The molecule has 0 bridgehead atoms. The lowest BCUT2D eigenvalue weighted by Crippen LogP contribution is -2.27. The van der Waals surface area contributed by atoms with Gasteiger partial charge in [-0.2, -0.15) is 0 Å². The third kappa shape index (κ3) is 2.83. The van der Waals surface area contributed by atoms with E-state index in [-0.39, 0.29) is 6.61 Å². The minimum absolute atomic E-state index is 0.0798. The molecule has 1 aliphatic rings. The normalized spacial score (nSPS) is 19.1. The highest BCUT2D eigenvalue weighted by molar-refractivity contribution is 4.96. The van der Waals surface area contributed by atoms with Crippen molar-refractivity contribution in [1.29, 1.82) is 0 Å². The Hall–Kier alpha value is -0.870. The Kier molecular flexibility index (Phi) is 3.96. The predicted molar refractivity (Wildman–Crippen MR) is 63.0 cm³/mol. The third-order valence-electron chi connectivity index (χ3n) is 3.24. The summed E-state index contributed by atoms with van der Waals surface area (Å²) in [5.74, 6) is 0.609. The predicted octanol–water partition coefficient (Wildman–Crippen LogP) is 1.11. The number of aliphatic hydroxyl groups excluding tert-OH is 1. The highest BCUT2D eigenvalue weighted by atomic mass is 16.3. The highest BCUT2D eigenvalue weighted by Gasteiger charge is 2.15. The van der Waals surface area contributed by atoms with Crippen LogP contribution in [0.3, 0.4) is 0 Å². The van der Waals surface area contributed by atoms with Crippen LogP contribution in [0.15, 0.2) is 12.5 Å². The monoisotopic (exact) mass is 223 g/mol. The van der Waals surface area contributed by atoms with Crippen LogP contribution in [0.1, 0.15) is 25.5 Å². The van der Waals surface area contributed by atoms with Gasteiger partial charge in [-0.15, -0.1) is 0 Å². The number of hydrogen-bond donors (Lipinski definition) is 1. The zero-order chi connectivity index (χ0) is 11.4. The maximum absolute atomic E-state index is 9.13. The van der Waals surface area contributed by atoms with Gasteiger partial charge in [-0.25, -0.2) is 4.98 Å². The minimum atomic E-state index is 0.0798. The molecule has 1 fully saturated rings. The van der Waals surface area contributed by atoms with Gasteiger partial charge >= 0.3 is 0 Å². The lowest BCUT2D eigenvalue weighted by molar-refractivity contribution is 0.251. The Morgan fingerprint density at radius 2 is 2.12 bits per heavy atom. The number of nitrogens with zero attached hydrogens (tertiary/aromatic N) is 3. The van der Waals surface area contributed by atoms with E-state index in [0.29, 0.717) is 5.92 Å². The number of imidazole rings is 1. The maximum atomic E-state index is 9.13. The molecule has 1 N–H and O–H groups in total. The van der Waals surface area contributed by atoms with Crippen LogP contribution >= 0.6 is 0 Å². The van der Waals surface area contributed by atoms with Crippen molar-refractivity contribution in [2.24, 2.45) is 5.92 Å². The maximum Gasteiger partial charge on any atom is 0.0948 e. The van der Waals surface area contributed by atoms with Crippen molar-refractivity contribution in [3.8, 4) is 0 Å². The number of rotatable bonds is 5. The SMILES string of the molecule is CC(CN1CCCC1)Cn1cncc1CO. The molecule has 90 valence electrons. The molecule has 4 nitrogen and oxygen atoms in total. The van der Waals surface area contributed by atoms with Gasteiger partial charge in [-0.1, -0.05) is 6.92 Å². The summed E-state index contributed by atoms with van der Waals surface area (Å²) in [6, 6.07) is 0. The molecular weight excluding hydrogens is 202 g/mol. The summed E-state index contributed by atoms with van der Waals surface area (Å²) in [4.78, 5) is 6.60. The molecule has 1 saturated heterocycles. The molecule has 0 aromatic carbocycles. The van der Waals surface area contributed by atoms with Crippen LogP contribution in [0.5, 0.6) is 0 Å². The van der Waals surface area contributed by atoms with Gasteiger partial charge in [0.15, 0.2) is 0 Å². The summed E-state index contributed by atoms with van der Waals surface area (Å²) < 4.78 is 2.06. The van der Waals surface area contributed by atoms with Gasteiger partial charge in [0.05, 0.1) is 24.8 Å². The van der Waals surface area contributed by atoms with Crippen LogP contribution in [0.4, 0.5) is 0 Å². The Balaban J connectivity index is 1.84. The van der Waals surface area contributed by atoms with Crippen molar-refractivity contribution in [1.82, 2.24) is 14.5 Å². The van der Waals surface area contributed by atoms with Gasteiger partial charge in [-0.05, 0) is 31.8 Å². The van der Waals surface area contributed by atoms with E-state index in [0.717, 1.165) is 18.8 Å². The van der Waals surface area contributed by atoms with E-state index in [2.05, 4.69) is 21.4 Å². The second-order valence-corrected chi connectivity index (χ2v) is 4.81. The standard InChI is InChI=1S/C12H21N3O/c1-11(7-14-4-2-3-5-14)8-15-10-13-6-12(15)9-16/h6,10-11,16H,2-5,7-9H2,1H3. The fraction of sp³-hybridized carbons (Fsp3) is 0.750. The highest BCUT2D eigenvalue weighted by Crippen LogP contribution is 2.12. The summed E-state index contributed by atoms with van der Waals surface area (Å²) in [5.41, 5.74) is 0.910. The zero-order valence-electron chi connectivity index (χ0n) is 9.97. The second kappa shape index (κ2) is 5.46. The van der Waals surface area contributed by atoms with E-state index in [9.17, 15) is 0 Å². The zero-order valence-corrected chi connectivity index (χ0v) is 9.97. The van der Waals surface area contributed by atoms with Crippen molar-refractivity contribution >= 4 is 0 Å². The summed E-state index contributed by atoms with van der Waals surface area (Å²) in [7, 11) is 0. The Morgan fingerprint density at radius 1 is 1.38 bits per heavy atom. The van der Waals surface area contributed by atoms with Crippen molar-refractivity contribution in [3.63, 3.8) is 0 Å². The minimum Gasteiger partial charge on any atom is -0.390 e. The molecule has 16 heavy (non-hydrogen) atoms. The van der Waals surface area contributed by atoms with E-state index in [1.54, 1.807) is 6.20 Å². The lowest BCUT2D eigenvalue weighted by atomic mass is 10.1. The molecule has 0 spiro atoms. The molecule has 2 heterocycles. The van der Waals surface area contributed by atoms with Crippen molar-refractivity contribution in [2.75, 3.05) is 19.6 Å². The molecule has 1 unspecified atom stereocenters. The van der Waals surface area contributed by atoms with Gasteiger partial charge < -0.3 is 14.6 Å². The van der Waals surface area contributed by atoms with Crippen LogP contribution in [-0.4, -0.2) is 39.2 Å². The Bertz CT molecular complexity index is 318. The van der Waals surface area contributed by atoms with Crippen LogP contribution in [0, 0.1) is 5.92 Å². The van der Waals surface area contributed by atoms with E-state index >= 15 is 0 Å². The first kappa shape index (κ1) is 11.6. The second-order valence-electron chi connectivity index (χ2n) is 4.81. The molecule has 1 aliphatic heterocycles. The Labute approximate surface area is 96.9 Å². The summed E-state index contributed by atoms with van der Waals surface area (Å²) in [6.45, 7) is 6.95. The number of aromatic nitrogens is 2. The van der Waals surface area contributed by atoms with Crippen LogP contribution in [0.25, 0.3) is 0 Å². The van der Waals surface area contributed by atoms with Crippen molar-refractivity contribution in [3.05, 3.63) is 18.2 Å². The smallest absolute Gasteiger partial charge is 0.0948 e. The van der Waals surface area contributed by atoms with Crippen molar-refractivity contribution in [2.45, 2.75) is 32.9 Å². The fourth-order valence-corrected chi connectivity index (χ4v) is 2.44. The average Bonchev–Trinajstić information content (AvgIpc) is 2.88. The molecule has 2 rings (SSSR count). The van der Waals surface area contributed by atoms with Crippen molar-refractivity contribution < 1.29 is 5.11 Å². The van der Waals surface area contributed by atoms with E-state index in [4.69, 9.17) is 5.11 Å². The van der Waals surface area contributed by atoms with E-state index in [1.165, 1.54) is 25.9 Å². The molecule has 1 aromatic rings. The van der Waals surface area contributed by atoms with Crippen LogP contribution in [0.2, 0.25) is 0 Å². The first-order chi connectivity index (χ1) is 7.79. The molecular formula is C12H21N3O. The molecule has 1 atom stereocenters. The van der Waals surface area contributed by atoms with Gasteiger partial charge in [-0.3, -0.25) is 0 Å².